The monoisotopic (exact) mass is 289 g/mol. The van der Waals surface area contributed by atoms with E-state index in [0.717, 1.165) is 24.4 Å². The van der Waals surface area contributed by atoms with Crippen LogP contribution in [0.5, 0.6) is 0 Å². The van der Waals surface area contributed by atoms with Crippen molar-refractivity contribution in [2.75, 3.05) is 20.6 Å². The minimum atomic E-state index is -0.0387. The molecular formula is C14H19N5O2. The number of carbonyl (C=O) groups is 1. The van der Waals surface area contributed by atoms with Gasteiger partial charge in [-0.05, 0) is 27.4 Å². The van der Waals surface area contributed by atoms with Crippen molar-refractivity contribution in [1.82, 2.24) is 25.2 Å². The van der Waals surface area contributed by atoms with Crippen LogP contribution >= 0.6 is 0 Å². The predicted octanol–water partition coefficient (Wildman–Crippen LogP) is 0.966. The van der Waals surface area contributed by atoms with Crippen LogP contribution < -0.4 is 0 Å². The van der Waals surface area contributed by atoms with Crippen molar-refractivity contribution in [1.29, 1.82) is 0 Å². The largest absolute Gasteiger partial charge is 0.364 e. The molecule has 3 heterocycles. The minimum absolute atomic E-state index is 0.0387. The fourth-order valence-corrected chi connectivity index (χ4v) is 2.66. The second kappa shape index (κ2) is 5.33. The van der Waals surface area contributed by atoms with Gasteiger partial charge in [-0.1, -0.05) is 5.16 Å². The van der Waals surface area contributed by atoms with Gasteiger partial charge in [0.15, 0.2) is 0 Å². The lowest BCUT2D eigenvalue weighted by Crippen LogP contribution is -2.36. The molecule has 0 aliphatic carbocycles. The molecule has 0 spiro atoms. The van der Waals surface area contributed by atoms with E-state index in [1.54, 1.807) is 11.8 Å². The number of hydrogen-bond acceptors (Lipinski definition) is 5. The predicted molar refractivity (Wildman–Crippen MR) is 75.7 cm³/mol. The number of carbonyl (C=O) groups excluding carboxylic acids is 1. The van der Waals surface area contributed by atoms with Gasteiger partial charge in [-0.25, -0.2) is 0 Å². The molecule has 3 rings (SSSR count). The van der Waals surface area contributed by atoms with E-state index in [1.807, 2.05) is 14.1 Å². The molecule has 1 amide bonds. The van der Waals surface area contributed by atoms with Crippen LogP contribution in [0.3, 0.4) is 0 Å². The summed E-state index contributed by atoms with van der Waals surface area (Å²) in [4.78, 5) is 16.4. The number of hydrogen-bond donors (Lipinski definition) is 1. The van der Waals surface area contributed by atoms with Crippen molar-refractivity contribution in [2.24, 2.45) is 0 Å². The summed E-state index contributed by atoms with van der Waals surface area (Å²) in [6.07, 6.45) is 2.24. The molecule has 0 saturated carbocycles. The Morgan fingerprint density at radius 2 is 2.33 bits per heavy atom. The lowest BCUT2D eigenvalue weighted by Gasteiger charge is -2.26. The van der Waals surface area contributed by atoms with E-state index in [0.29, 0.717) is 24.3 Å². The number of aromatic amines is 1. The van der Waals surface area contributed by atoms with Gasteiger partial charge in [-0.3, -0.25) is 9.89 Å². The molecule has 0 atom stereocenters. The summed E-state index contributed by atoms with van der Waals surface area (Å²) in [5, 5.41) is 11.2. The fraction of sp³-hybridized carbons (Fsp3) is 0.500. The lowest BCUT2D eigenvalue weighted by molar-refractivity contribution is 0.0731. The van der Waals surface area contributed by atoms with Gasteiger partial charge >= 0.3 is 0 Å². The number of nitrogens with zero attached hydrogens (tertiary/aromatic N) is 4. The molecule has 0 aromatic carbocycles. The zero-order valence-corrected chi connectivity index (χ0v) is 12.5. The zero-order chi connectivity index (χ0) is 15.0. The third-order valence-corrected chi connectivity index (χ3v) is 3.75. The Balaban J connectivity index is 1.78. The molecule has 0 saturated heterocycles. The van der Waals surface area contributed by atoms with E-state index in [4.69, 9.17) is 4.52 Å². The summed E-state index contributed by atoms with van der Waals surface area (Å²) < 4.78 is 4.85. The van der Waals surface area contributed by atoms with Crippen molar-refractivity contribution in [3.8, 4) is 0 Å². The first-order chi connectivity index (χ1) is 10.1. The number of rotatable bonds is 3. The molecule has 0 unspecified atom stereocenters. The highest BCUT2D eigenvalue weighted by atomic mass is 16.5. The summed E-state index contributed by atoms with van der Waals surface area (Å²) in [7, 11) is 4.04. The van der Waals surface area contributed by atoms with Crippen LogP contribution in [0.15, 0.2) is 10.8 Å². The molecule has 2 aromatic heterocycles. The smallest absolute Gasteiger partial charge is 0.259 e. The van der Waals surface area contributed by atoms with Crippen molar-refractivity contribution in [2.45, 2.75) is 26.4 Å². The summed E-state index contributed by atoms with van der Waals surface area (Å²) in [5.41, 5.74) is 4.51. The highest BCUT2D eigenvalue weighted by Gasteiger charge is 2.27. The average molecular weight is 289 g/mol. The second-order valence-electron chi connectivity index (χ2n) is 5.66. The third kappa shape index (κ3) is 2.56. The summed E-state index contributed by atoms with van der Waals surface area (Å²) in [6, 6.07) is 0. The molecule has 1 aliphatic heterocycles. The first-order valence-electron chi connectivity index (χ1n) is 6.96. The Hall–Kier alpha value is -2.15. The highest BCUT2D eigenvalue weighted by Crippen LogP contribution is 2.22. The van der Waals surface area contributed by atoms with Gasteiger partial charge in [0.05, 0.1) is 23.6 Å². The molecule has 1 N–H and O–H groups in total. The summed E-state index contributed by atoms with van der Waals surface area (Å²) >= 11 is 0. The zero-order valence-electron chi connectivity index (χ0n) is 12.5. The number of aromatic nitrogens is 3. The molecule has 7 heteroatoms. The van der Waals surface area contributed by atoms with Crippen LogP contribution in [0.4, 0.5) is 0 Å². The number of aryl methyl sites for hydroxylation is 1. The molecule has 0 radical (unpaired) electrons. The Morgan fingerprint density at radius 1 is 1.52 bits per heavy atom. The van der Waals surface area contributed by atoms with Gasteiger partial charge in [0.2, 0.25) is 0 Å². The maximum atomic E-state index is 12.5. The number of amides is 1. The van der Waals surface area contributed by atoms with Crippen LogP contribution in [-0.2, 0) is 19.5 Å². The van der Waals surface area contributed by atoms with Crippen molar-refractivity contribution < 1.29 is 9.32 Å². The Morgan fingerprint density at radius 3 is 3.00 bits per heavy atom. The molecule has 0 fully saturated rings. The molecule has 7 nitrogen and oxygen atoms in total. The van der Waals surface area contributed by atoms with Crippen LogP contribution in [0.2, 0.25) is 0 Å². The average Bonchev–Trinajstić information content (AvgIpc) is 3.04. The van der Waals surface area contributed by atoms with Gasteiger partial charge in [0.1, 0.15) is 11.8 Å². The molecule has 2 aromatic rings. The maximum absolute atomic E-state index is 12.5. The van der Waals surface area contributed by atoms with Gasteiger partial charge in [0.25, 0.3) is 5.91 Å². The first kappa shape index (κ1) is 13.8. The Bertz CT molecular complexity index is 658. The summed E-state index contributed by atoms with van der Waals surface area (Å²) in [6.45, 7) is 3.83. The number of H-pyrrole nitrogens is 1. The Labute approximate surface area is 122 Å². The van der Waals surface area contributed by atoms with Crippen molar-refractivity contribution in [3.63, 3.8) is 0 Å². The van der Waals surface area contributed by atoms with Crippen LogP contribution in [0.25, 0.3) is 0 Å². The quantitative estimate of drug-likeness (QED) is 0.910. The maximum Gasteiger partial charge on any atom is 0.259 e. The van der Waals surface area contributed by atoms with Crippen molar-refractivity contribution >= 4 is 5.91 Å². The van der Waals surface area contributed by atoms with E-state index < -0.39 is 0 Å². The van der Waals surface area contributed by atoms with Gasteiger partial charge in [-0.2, -0.15) is 5.10 Å². The normalized spacial score (nSPS) is 14.6. The van der Waals surface area contributed by atoms with Crippen molar-refractivity contribution in [3.05, 3.63) is 34.5 Å². The first-order valence-corrected chi connectivity index (χ1v) is 6.96. The highest BCUT2D eigenvalue weighted by molar-refractivity contribution is 5.94. The minimum Gasteiger partial charge on any atom is -0.364 e. The van der Waals surface area contributed by atoms with Gasteiger partial charge < -0.3 is 14.3 Å². The van der Waals surface area contributed by atoms with Gasteiger partial charge in [0, 0.05) is 18.7 Å². The third-order valence-electron chi connectivity index (χ3n) is 3.75. The van der Waals surface area contributed by atoms with E-state index in [2.05, 4.69) is 20.3 Å². The molecule has 0 bridgehead atoms. The molecule has 1 aliphatic rings. The molecular weight excluding hydrogens is 270 g/mol. The van der Waals surface area contributed by atoms with E-state index in [9.17, 15) is 4.79 Å². The number of nitrogens with one attached hydrogen (secondary N) is 1. The lowest BCUT2D eigenvalue weighted by atomic mass is 10.0. The SMILES string of the molecule is Cc1nocc1C(=O)N1CCc2c(CN(C)C)n[nH]c2C1. The fourth-order valence-electron chi connectivity index (χ4n) is 2.66. The number of fused-ring (bicyclic) bond motifs is 1. The second-order valence-corrected chi connectivity index (χ2v) is 5.66. The van der Waals surface area contributed by atoms with Crippen LogP contribution in [-0.4, -0.2) is 51.7 Å². The van der Waals surface area contributed by atoms with Crippen LogP contribution in [0.1, 0.15) is 33.0 Å². The van der Waals surface area contributed by atoms with Crippen LogP contribution in [0, 0.1) is 6.92 Å². The Kier molecular flexibility index (Phi) is 3.50. The van der Waals surface area contributed by atoms with E-state index >= 15 is 0 Å². The van der Waals surface area contributed by atoms with Gasteiger partial charge in [-0.15, -0.1) is 0 Å². The van der Waals surface area contributed by atoms with E-state index in [1.165, 1.54) is 11.8 Å². The standard InChI is InChI=1S/C14H19N5O2/c1-9-11(8-21-17-9)14(20)19-5-4-10-12(6-18(2)3)15-16-13(10)7-19/h8H,4-7H2,1-3H3,(H,15,16). The van der Waals surface area contributed by atoms with E-state index in [-0.39, 0.29) is 5.91 Å². The molecule has 21 heavy (non-hydrogen) atoms. The molecule has 112 valence electrons. The summed E-state index contributed by atoms with van der Waals surface area (Å²) in [5.74, 6) is -0.0387. The topological polar surface area (TPSA) is 78.3 Å².